The molecule has 0 aromatic heterocycles. The smallest absolute Gasteiger partial charge is 0.233 e. The second-order valence-corrected chi connectivity index (χ2v) is 6.32. The van der Waals surface area contributed by atoms with Gasteiger partial charge < -0.3 is 10.6 Å². The van der Waals surface area contributed by atoms with Crippen LogP contribution in [0.1, 0.15) is 42.9 Å². The fraction of sp³-hybridized carbons (Fsp3) is 0.300. The van der Waals surface area contributed by atoms with E-state index in [0.29, 0.717) is 11.6 Å². The van der Waals surface area contributed by atoms with Crippen molar-refractivity contribution >= 4 is 23.2 Å². The molecule has 126 valence electrons. The average Bonchev–Trinajstić information content (AvgIpc) is 2.51. The standard InChI is InChI=1S/C20H24N2O2/c1-13(2)16-8-10-17(11-9-16)21-18(23)12-19(24)22-20-14(3)6-5-7-15(20)4/h5-11,13H,12H2,1-4H3,(H,21,23)(H,22,24). The summed E-state index contributed by atoms with van der Waals surface area (Å²) in [7, 11) is 0. The van der Waals surface area contributed by atoms with Crippen molar-refractivity contribution in [2.75, 3.05) is 10.6 Å². The highest BCUT2D eigenvalue weighted by molar-refractivity contribution is 6.08. The van der Waals surface area contributed by atoms with Crippen LogP contribution in [0, 0.1) is 13.8 Å². The fourth-order valence-corrected chi connectivity index (χ4v) is 2.50. The van der Waals surface area contributed by atoms with Gasteiger partial charge in [0.15, 0.2) is 0 Å². The highest BCUT2D eigenvalue weighted by atomic mass is 16.2. The van der Waals surface area contributed by atoms with E-state index in [-0.39, 0.29) is 18.2 Å². The Kier molecular flexibility index (Phi) is 5.74. The molecule has 0 saturated heterocycles. The van der Waals surface area contributed by atoms with Crippen molar-refractivity contribution in [2.45, 2.75) is 40.0 Å². The molecule has 0 radical (unpaired) electrons. The fourth-order valence-electron chi connectivity index (χ4n) is 2.50. The molecule has 0 bridgehead atoms. The maximum absolute atomic E-state index is 12.1. The molecule has 2 aromatic rings. The van der Waals surface area contributed by atoms with Crippen molar-refractivity contribution in [3.8, 4) is 0 Å². The van der Waals surface area contributed by atoms with Crippen LogP contribution < -0.4 is 10.6 Å². The van der Waals surface area contributed by atoms with Crippen LogP contribution >= 0.6 is 0 Å². The first-order valence-electron chi connectivity index (χ1n) is 8.12. The predicted molar refractivity (Wildman–Crippen MR) is 98.3 cm³/mol. The van der Waals surface area contributed by atoms with Crippen molar-refractivity contribution in [3.05, 3.63) is 59.2 Å². The van der Waals surface area contributed by atoms with E-state index in [2.05, 4.69) is 24.5 Å². The Morgan fingerprint density at radius 1 is 0.875 bits per heavy atom. The molecule has 0 atom stereocenters. The third kappa shape index (κ3) is 4.69. The lowest BCUT2D eigenvalue weighted by atomic mass is 10.0. The van der Waals surface area contributed by atoms with E-state index in [9.17, 15) is 9.59 Å². The summed E-state index contributed by atoms with van der Waals surface area (Å²) in [6.45, 7) is 8.09. The number of hydrogen-bond acceptors (Lipinski definition) is 2. The van der Waals surface area contributed by atoms with Crippen LogP contribution in [-0.2, 0) is 9.59 Å². The van der Waals surface area contributed by atoms with E-state index in [1.807, 2.05) is 56.3 Å². The van der Waals surface area contributed by atoms with Crippen LogP contribution in [0.2, 0.25) is 0 Å². The Morgan fingerprint density at radius 2 is 1.42 bits per heavy atom. The summed E-state index contributed by atoms with van der Waals surface area (Å²) in [5, 5.41) is 5.57. The van der Waals surface area contributed by atoms with Gasteiger partial charge >= 0.3 is 0 Å². The molecule has 2 N–H and O–H groups in total. The minimum Gasteiger partial charge on any atom is -0.326 e. The van der Waals surface area contributed by atoms with Gasteiger partial charge in [0.1, 0.15) is 6.42 Å². The molecular weight excluding hydrogens is 300 g/mol. The zero-order chi connectivity index (χ0) is 17.7. The SMILES string of the molecule is Cc1cccc(C)c1NC(=O)CC(=O)Nc1ccc(C(C)C)cc1. The maximum Gasteiger partial charge on any atom is 0.233 e. The first-order valence-corrected chi connectivity index (χ1v) is 8.12. The van der Waals surface area contributed by atoms with Crippen molar-refractivity contribution in [1.82, 2.24) is 0 Å². The molecule has 4 nitrogen and oxygen atoms in total. The molecule has 0 fully saturated rings. The second-order valence-electron chi connectivity index (χ2n) is 6.32. The molecule has 0 aliphatic heterocycles. The van der Waals surface area contributed by atoms with E-state index < -0.39 is 0 Å². The number of aryl methyl sites for hydroxylation is 2. The van der Waals surface area contributed by atoms with Gasteiger partial charge in [-0.1, -0.05) is 44.2 Å². The van der Waals surface area contributed by atoms with Crippen molar-refractivity contribution in [1.29, 1.82) is 0 Å². The number of carbonyl (C=O) groups excluding carboxylic acids is 2. The number of para-hydroxylation sites is 1. The summed E-state index contributed by atoms with van der Waals surface area (Å²) < 4.78 is 0. The summed E-state index contributed by atoms with van der Waals surface area (Å²) in [4.78, 5) is 24.1. The lowest BCUT2D eigenvalue weighted by Crippen LogP contribution is -2.22. The molecule has 0 saturated carbocycles. The first kappa shape index (κ1) is 17.7. The molecule has 0 aliphatic rings. The Hall–Kier alpha value is -2.62. The number of amides is 2. The molecular formula is C20H24N2O2. The van der Waals surface area contributed by atoms with Gasteiger partial charge in [-0.15, -0.1) is 0 Å². The number of benzene rings is 2. The van der Waals surface area contributed by atoms with Crippen LogP contribution in [0.4, 0.5) is 11.4 Å². The van der Waals surface area contributed by atoms with E-state index in [4.69, 9.17) is 0 Å². The van der Waals surface area contributed by atoms with E-state index in [1.165, 1.54) is 5.56 Å². The highest BCUT2D eigenvalue weighted by Gasteiger charge is 2.12. The van der Waals surface area contributed by atoms with E-state index >= 15 is 0 Å². The molecule has 2 aromatic carbocycles. The average molecular weight is 324 g/mol. The van der Waals surface area contributed by atoms with Gasteiger partial charge in [-0.05, 0) is 48.6 Å². The summed E-state index contributed by atoms with van der Waals surface area (Å²) in [5.74, 6) is -0.197. The first-order chi connectivity index (χ1) is 11.4. The molecule has 2 amide bonds. The minimum absolute atomic E-state index is 0.209. The Balaban J connectivity index is 1.93. The van der Waals surface area contributed by atoms with Crippen LogP contribution in [-0.4, -0.2) is 11.8 Å². The third-order valence-electron chi connectivity index (χ3n) is 3.93. The molecule has 24 heavy (non-hydrogen) atoms. The van der Waals surface area contributed by atoms with Gasteiger partial charge in [0, 0.05) is 11.4 Å². The third-order valence-corrected chi connectivity index (χ3v) is 3.93. The zero-order valence-corrected chi connectivity index (χ0v) is 14.6. The van der Waals surface area contributed by atoms with Crippen molar-refractivity contribution in [3.63, 3.8) is 0 Å². The lowest BCUT2D eigenvalue weighted by molar-refractivity contribution is -0.123. The van der Waals surface area contributed by atoms with Crippen LogP contribution in [0.5, 0.6) is 0 Å². The topological polar surface area (TPSA) is 58.2 Å². The number of hydrogen-bond donors (Lipinski definition) is 2. The van der Waals surface area contributed by atoms with Gasteiger partial charge in [0.05, 0.1) is 0 Å². The number of rotatable bonds is 5. The van der Waals surface area contributed by atoms with Gasteiger partial charge in [-0.25, -0.2) is 0 Å². The number of nitrogens with one attached hydrogen (secondary N) is 2. The van der Waals surface area contributed by atoms with Gasteiger partial charge in [-0.2, -0.15) is 0 Å². The monoisotopic (exact) mass is 324 g/mol. The summed E-state index contributed by atoms with van der Waals surface area (Å²) in [6, 6.07) is 13.5. The van der Waals surface area contributed by atoms with E-state index in [1.54, 1.807) is 0 Å². The molecule has 2 rings (SSSR count). The molecule has 0 spiro atoms. The molecule has 0 aliphatic carbocycles. The zero-order valence-electron chi connectivity index (χ0n) is 14.6. The quantitative estimate of drug-likeness (QED) is 0.801. The number of anilines is 2. The second kappa shape index (κ2) is 7.77. The number of carbonyl (C=O) groups is 2. The van der Waals surface area contributed by atoms with Crippen molar-refractivity contribution < 1.29 is 9.59 Å². The van der Waals surface area contributed by atoms with E-state index in [0.717, 1.165) is 16.8 Å². The summed E-state index contributed by atoms with van der Waals surface area (Å²) >= 11 is 0. The molecule has 0 heterocycles. The Bertz CT molecular complexity index is 714. The summed E-state index contributed by atoms with van der Waals surface area (Å²) in [6.07, 6.45) is -0.209. The van der Waals surface area contributed by atoms with Crippen LogP contribution in [0.3, 0.4) is 0 Å². The largest absolute Gasteiger partial charge is 0.326 e. The Morgan fingerprint density at radius 3 is 1.96 bits per heavy atom. The lowest BCUT2D eigenvalue weighted by Gasteiger charge is -2.12. The van der Waals surface area contributed by atoms with Crippen LogP contribution in [0.15, 0.2) is 42.5 Å². The maximum atomic E-state index is 12.1. The molecule has 4 heteroatoms. The molecule has 0 unspecified atom stereocenters. The van der Waals surface area contributed by atoms with Gasteiger partial charge in [-0.3, -0.25) is 9.59 Å². The summed E-state index contributed by atoms with van der Waals surface area (Å²) in [5.41, 5.74) is 4.64. The van der Waals surface area contributed by atoms with Crippen molar-refractivity contribution in [2.24, 2.45) is 0 Å². The Labute approximate surface area is 143 Å². The van der Waals surface area contributed by atoms with Gasteiger partial charge in [0.25, 0.3) is 0 Å². The minimum atomic E-state index is -0.323. The normalized spacial score (nSPS) is 10.5. The predicted octanol–water partition coefficient (Wildman–Crippen LogP) is 4.39. The van der Waals surface area contributed by atoms with Crippen LogP contribution in [0.25, 0.3) is 0 Å². The highest BCUT2D eigenvalue weighted by Crippen LogP contribution is 2.20. The van der Waals surface area contributed by atoms with Gasteiger partial charge in [0.2, 0.25) is 11.8 Å².